The van der Waals surface area contributed by atoms with Crippen molar-refractivity contribution >= 4 is 11.8 Å². The monoisotopic (exact) mass is 446 g/mol. The Bertz CT molecular complexity index is 1040. The first-order chi connectivity index (χ1) is 16.1. The van der Waals surface area contributed by atoms with E-state index in [1.807, 2.05) is 83.4 Å². The minimum atomic E-state index is -0.312. The number of benzene rings is 2. The average Bonchev–Trinajstić information content (AvgIpc) is 3.29. The number of rotatable bonds is 8. The number of amides is 2. The molecule has 1 aliphatic rings. The lowest BCUT2D eigenvalue weighted by molar-refractivity contribution is -0.136. The van der Waals surface area contributed by atoms with Gasteiger partial charge in [-0.2, -0.15) is 0 Å². The molecular formula is C26H30N4O3. The van der Waals surface area contributed by atoms with E-state index in [1.165, 1.54) is 0 Å². The van der Waals surface area contributed by atoms with Crippen molar-refractivity contribution in [3.8, 4) is 5.75 Å². The molecule has 7 heteroatoms. The summed E-state index contributed by atoms with van der Waals surface area (Å²) in [5.41, 5.74) is 0.992. The molecule has 4 rings (SSSR count). The van der Waals surface area contributed by atoms with E-state index in [0.29, 0.717) is 39.0 Å². The Balaban J connectivity index is 1.29. The van der Waals surface area contributed by atoms with Gasteiger partial charge in [-0.15, -0.1) is 0 Å². The van der Waals surface area contributed by atoms with Gasteiger partial charge in [0.1, 0.15) is 17.6 Å². The van der Waals surface area contributed by atoms with E-state index in [2.05, 4.69) is 10.3 Å². The highest BCUT2D eigenvalue weighted by molar-refractivity contribution is 5.80. The molecule has 1 aliphatic heterocycles. The molecule has 2 heterocycles. The van der Waals surface area contributed by atoms with Crippen LogP contribution >= 0.6 is 0 Å². The third kappa shape index (κ3) is 5.80. The summed E-state index contributed by atoms with van der Waals surface area (Å²) in [7, 11) is 1.93. The summed E-state index contributed by atoms with van der Waals surface area (Å²) < 4.78 is 7.57. The van der Waals surface area contributed by atoms with Crippen molar-refractivity contribution in [2.75, 3.05) is 19.7 Å². The summed E-state index contributed by atoms with van der Waals surface area (Å²) in [6, 6.07) is 19.1. The second kappa shape index (κ2) is 10.8. The minimum Gasteiger partial charge on any atom is -0.493 e. The molecule has 0 bridgehead atoms. The fraction of sp³-hybridized carbons (Fsp3) is 0.346. The van der Waals surface area contributed by atoms with Crippen LogP contribution in [0, 0.1) is 5.92 Å². The van der Waals surface area contributed by atoms with Crippen LogP contribution in [0.4, 0.5) is 0 Å². The van der Waals surface area contributed by atoms with Crippen molar-refractivity contribution in [3.63, 3.8) is 0 Å². The predicted octanol–water partition coefficient (Wildman–Crippen LogP) is 3.33. The molecule has 1 aromatic heterocycles. The number of hydrogen-bond acceptors (Lipinski definition) is 4. The summed E-state index contributed by atoms with van der Waals surface area (Å²) in [5.74, 6) is 1.51. The quantitative estimate of drug-likeness (QED) is 0.576. The van der Waals surface area contributed by atoms with Crippen LogP contribution in [0.3, 0.4) is 0 Å². The third-order valence-corrected chi connectivity index (χ3v) is 6.08. The summed E-state index contributed by atoms with van der Waals surface area (Å²) in [4.78, 5) is 32.0. The van der Waals surface area contributed by atoms with Crippen molar-refractivity contribution < 1.29 is 14.3 Å². The van der Waals surface area contributed by atoms with E-state index in [-0.39, 0.29) is 23.8 Å². The van der Waals surface area contributed by atoms with Crippen LogP contribution in [0.25, 0.3) is 0 Å². The second-order valence-electron chi connectivity index (χ2n) is 8.32. The Morgan fingerprint density at radius 1 is 1.06 bits per heavy atom. The molecule has 2 aromatic carbocycles. The van der Waals surface area contributed by atoms with Crippen LogP contribution in [-0.4, -0.2) is 46.0 Å². The zero-order valence-corrected chi connectivity index (χ0v) is 18.9. The highest BCUT2D eigenvalue weighted by atomic mass is 16.5. The number of nitrogens with zero attached hydrogens (tertiary/aromatic N) is 3. The van der Waals surface area contributed by atoms with Gasteiger partial charge in [-0.3, -0.25) is 9.59 Å². The second-order valence-corrected chi connectivity index (χ2v) is 8.32. The summed E-state index contributed by atoms with van der Waals surface area (Å²) in [5, 5.41) is 3.20. The number of likely N-dealkylation sites (tertiary alicyclic amines) is 1. The lowest BCUT2D eigenvalue weighted by Crippen LogP contribution is -2.44. The number of carbonyl (C=O) groups excluding carboxylic acids is 2. The maximum atomic E-state index is 13.1. The molecular weight excluding hydrogens is 416 g/mol. The van der Waals surface area contributed by atoms with Crippen molar-refractivity contribution in [3.05, 3.63) is 84.4 Å². The van der Waals surface area contributed by atoms with E-state index in [4.69, 9.17) is 4.74 Å². The normalized spacial score (nSPS) is 15.1. The fourth-order valence-electron chi connectivity index (χ4n) is 4.18. The molecule has 1 fully saturated rings. The number of ether oxygens (including phenoxy) is 1. The molecule has 1 atom stereocenters. The third-order valence-electron chi connectivity index (χ3n) is 6.08. The van der Waals surface area contributed by atoms with Crippen molar-refractivity contribution in [1.29, 1.82) is 0 Å². The van der Waals surface area contributed by atoms with E-state index in [0.717, 1.165) is 17.1 Å². The van der Waals surface area contributed by atoms with Gasteiger partial charge in [0.25, 0.3) is 0 Å². The standard InChI is InChI=1S/C26H30N4O3/c1-29-18-15-27-25(29)24(20-8-4-2-5-9-20)28-26(32)21-12-16-30(17-13-21)23(31)14-19-33-22-10-6-3-7-11-22/h2-11,15,18,21,24H,12-14,16-17,19H2,1H3,(H,28,32). The maximum absolute atomic E-state index is 13.1. The Morgan fingerprint density at radius 3 is 2.36 bits per heavy atom. The van der Waals surface area contributed by atoms with E-state index in [1.54, 1.807) is 6.20 Å². The first kappa shape index (κ1) is 22.6. The molecule has 7 nitrogen and oxygen atoms in total. The van der Waals surface area contributed by atoms with Crippen LogP contribution in [0.5, 0.6) is 5.75 Å². The summed E-state index contributed by atoms with van der Waals surface area (Å²) in [6.45, 7) is 1.52. The minimum absolute atomic E-state index is 0.00589. The van der Waals surface area contributed by atoms with Gasteiger partial charge in [0.2, 0.25) is 11.8 Å². The molecule has 33 heavy (non-hydrogen) atoms. The van der Waals surface area contributed by atoms with Crippen LogP contribution < -0.4 is 10.1 Å². The Labute approximate surface area is 194 Å². The van der Waals surface area contributed by atoms with Crippen molar-refractivity contribution in [2.45, 2.75) is 25.3 Å². The Morgan fingerprint density at radius 2 is 1.73 bits per heavy atom. The number of para-hydroxylation sites is 1. The lowest BCUT2D eigenvalue weighted by Gasteiger charge is -2.32. The van der Waals surface area contributed by atoms with Crippen LogP contribution in [-0.2, 0) is 16.6 Å². The largest absolute Gasteiger partial charge is 0.493 e. The fourth-order valence-corrected chi connectivity index (χ4v) is 4.18. The van der Waals surface area contributed by atoms with Gasteiger partial charge < -0.3 is 19.5 Å². The molecule has 1 saturated heterocycles. The molecule has 1 unspecified atom stereocenters. The number of carbonyl (C=O) groups is 2. The van der Waals surface area contributed by atoms with E-state index >= 15 is 0 Å². The molecule has 172 valence electrons. The van der Waals surface area contributed by atoms with Crippen LogP contribution in [0.2, 0.25) is 0 Å². The predicted molar refractivity (Wildman–Crippen MR) is 125 cm³/mol. The molecule has 2 amide bonds. The number of aryl methyl sites for hydroxylation is 1. The number of aromatic nitrogens is 2. The average molecular weight is 447 g/mol. The van der Waals surface area contributed by atoms with Crippen LogP contribution in [0.1, 0.15) is 36.7 Å². The molecule has 1 N–H and O–H groups in total. The molecule has 3 aromatic rings. The topological polar surface area (TPSA) is 76.5 Å². The zero-order valence-electron chi connectivity index (χ0n) is 18.9. The lowest BCUT2D eigenvalue weighted by atomic mass is 9.94. The number of imidazole rings is 1. The first-order valence-electron chi connectivity index (χ1n) is 11.4. The van der Waals surface area contributed by atoms with E-state index in [9.17, 15) is 9.59 Å². The van der Waals surface area contributed by atoms with Crippen molar-refractivity contribution in [2.24, 2.45) is 13.0 Å². The molecule has 0 radical (unpaired) electrons. The van der Waals surface area contributed by atoms with Crippen molar-refractivity contribution in [1.82, 2.24) is 19.8 Å². The van der Waals surface area contributed by atoms with Crippen LogP contribution in [0.15, 0.2) is 73.1 Å². The Kier molecular flexibility index (Phi) is 7.40. The van der Waals surface area contributed by atoms with Gasteiger partial charge in [0.15, 0.2) is 0 Å². The summed E-state index contributed by atoms with van der Waals surface area (Å²) >= 11 is 0. The molecule has 0 saturated carbocycles. The number of piperidine rings is 1. The Hall–Kier alpha value is -3.61. The van der Waals surface area contributed by atoms with Gasteiger partial charge in [-0.1, -0.05) is 48.5 Å². The first-order valence-corrected chi connectivity index (χ1v) is 11.4. The molecule has 0 spiro atoms. The highest BCUT2D eigenvalue weighted by Crippen LogP contribution is 2.24. The van der Waals surface area contributed by atoms with Gasteiger partial charge >= 0.3 is 0 Å². The summed E-state index contributed by atoms with van der Waals surface area (Å²) in [6.07, 6.45) is 5.26. The van der Waals surface area contributed by atoms with Gasteiger partial charge in [-0.25, -0.2) is 4.98 Å². The number of hydrogen-bond donors (Lipinski definition) is 1. The van der Waals surface area contributed by atoms with Gasteiger partial charge in [0, 0.05) is 38.4 Å². The maximum Gasteiger partial charge on any atom is 0.225 e. The highest BCUT2D eigenvalue weighted by Gasteiger charge is 2.30. The van der Waals surface area contributed by atoms with Gasteiger partial charge in [-0.05, 0) is 30.5 Å². The SMILES string of the molecule is Cn1ccnc1C(NC(=O)C1CCN(C(=O)CCOc2ccccc2)CC1)c1ccccc1. The van der Waals surface area contributed by atoms with Gasteiger partial charge in [0.05, 0.1) is 13.0 Å². The zero-order chi connectivity index (χ0) is 23.0. The smallest absolute Gasteiger partial charge is 0.225 e. The molecule has 0 aliphatic carbocycles. The van der Waals surface area contributed by atoms with E-state index < -0.39 is 0 Å². The number of nitrogens with one attached hydrogen (secondary N) is 1.